The Kier molecular flexibility index (Phi) is 5.88. The molecule has 0 N–H and O–H groups in total. The van der Waals surface area contributed by atoms with Crippen molar-refractivity contribution in [2.75, 3.05) is 0 Å². The first-order valence-corrected chi connectivity index (χ1v) is 18.2. The summed E-state index contributed by atoms with van der Waals surface area (Å²) in [7, 11) is 0. The molecule has 0 atom stereocenters. The molecule has 0 unspecified atom stereocenters. The number of hydrogen-bond acceptors (Lipinski definition) is 3. The van der Waals surface area contributed by atoms with Gasteiger partial charge in [-0.1, -0.05) is 72.8 Å². The zero-order valence-corrected chi connectivity index (χ0v) is 28.5. The molecule has 242 valence electrons. The fourth-order valence-corrected chi connectivity index (χ4v) is 10.5. The minimum atomic E-state index is -1.05. The number of aromatic nitrogens is 2. The van der Waals surface area contributed by atoms with Gasteiger partial charge in [-0.05, 0) is 48.5 Å². The van der Waals surface area contributed by atoms with Crippen molar-refractivity contribution in [3.05, 3.63) is 150 Å². The molecule has 0 aliphatic rings. The molecule has 4 nitrogen and oxygen atoms in total. The zero-order valence-electron chi connectivity index (χ0n) is 26.9. The summed E-state index contributed by atoms with van der Waals surface area (Å²) in [5.41, 5.74) is 1.05. The summed E-state index contributed by atoms with van der Waals surface area (Å²) < 4.78 is 42.8. The Bertz CT molecular complexity index is 3250. The quantitative estimate of drug-likeness (QED) is 0.165. The van der Waals surface area contributed by atoms with E-state index in [2.05, 4.69) is 29.1 Å². The first-order chi connectivity index (χ1) is 25.6. The van der Waals surface area contributed by atoms with Crippen molar-refractivity contribution in [2.24, 2.45) is 0 Å². The molecule has 0 saturated heterocycles. The van der Waals surface area contributed by atoms with Gasteiger partial charge in [0.05, 0.1) is 34.3 Å². The number of benzene rings is 7. The Morgan fingerprint density at radius 2 is 0.962 bits per heavy atom. The summed E-state index contributed by atoms with van der Waals surface area (Å²) in [5.74, 6) is -1.90. The van der Waals surface area contributed by atoms with Gasteiger partial charge in [0.2, 0.25) is 5.69 Å². The summed E-state index contributed by atoms with van der Waals surface area (Å²) in [6.07, 6.45) is 0. The van der Waals surface area contributed by atoms with Crippen LogP contribution in [0.2, 0.25) is 0 Å². The first kappa shape index (κ1) is 29.2. The second-order valence-corrected chi connectivity index (χ2v) is 15.0. The van der Waals surface area contributed by atoms with Crippen molar-refractivity contribution in [2.45, 2.75) is 0 Å². The molecule has 0 aliphatic carbocycles. The van der Waals surface area contributed by atoms with Gasteiger partial charge in [0, 0.05) is 61.9 Å². The van der Waals surface area contributed by atoms with E-state index in [1.807, 2.05) is 103 Å². The van der Waals surface area contributed by atoms with Crippen LogP contribution in [-0.2, 0) is 0 Å². The number of halogens is 2. The van der Waals surface area contributed by atoms with E-state index in [1.165, 1.54) is 0 Å². The highest BCUT2D eigenvalue weighted by Crippen LogP contribution is 2.48. The van der Waals surface area contributed by atoms with Crippen LogP contribution in [0, 0.1) is 29.5 Å². The fraction of sp³-hybridized carbons (Fsp3) is 0. The average molecular weight is 707 g/mol. The summed E-state index contributed by atoms with van der Waals surface area (Å²) in [6, 6.07) is 41.5. The Morgan fingerprint density at radius 3 is 1.46 bits per heavy atom. The molecule has 0 radical (unpaired) electrons. The third kappa shape index (κ3) is 3.60. The van der Waals surface area contributed by atoms with Gasteiger partial charge in [-0.15, -0.1) is 22.7 Å². The number of nitrogens with zero attached hydrogens (tertiary/aromatic N) is 4. The molecular formula is C44H20F2N4S2. The number of nitriles is 1. The monoisotopic (exact) mass is 706 g/mol. The molecule has 4 heterocycles. The van der Waals surface area contributed by atoms with Crippen LogP contribution in [0.3, 0.4) is 0 Å². The van der Waals surface area contributed by atoms with E-state index >= 15 is 8.78 Å². The van der Waals surface area contributed by atoms with Crippen LogP contribution in [0.4, 0.5) is 14.5 Å². The number of fused-ring (bicyclic) bond motifs is 14. The van der Waals surface area contributed by atoms with Gasteiger partial charge in [0.25, 0.3) is 0 Å². The lowest BCUT2D eigenvalue weighted by atomic mass is 10.1. The normalized spacial score (nSPS) is 12.0. The molecular weight excluding hydrogens is 687 g/mol. The van der Waals surface area contributed by atoms with Crippen molar-refractivity contribution in [1.29, 1.82) is 5.26 Å². The molecule has 11 rings (SSSR count). The van der Waals surface area contributed by atoms with Crippen molar-refractivity contribution in [3.63, 3.8) is 0 Å². The highest BCUT2D eigenvalue weighted by molar-refractivity contribution is 7.26. The van der Waals surface area contributed by atoms with Gasteiger partial charge in [0.1, 0.15) is 17.3 Å². The molecule has 0 saturated carbocycles. The van der Waals surface area contributed by atoms with E-state index in [4.69, 9.17) is 6.57 Å². The van der Waals surface area contributed by atoms with E-state index < -0.39 is 22.9 Å². The Balaban J connectivity index is 1.34. The van der Waals surface area contributed by atoms with Gasteiger partial charge < -0.3 is 9.13 Å². The molecule has 0 fully saturated rings. The summed E-state index contributed by atoms with van der Waals surface area (Å²) in [6.45, 7) is 8.17. The largest absolute Gasteiger partial charge is 0.316 e. The molecule has 11 aromatic rings. The predicted molar refractivity (Wildman–Crippen MR) is 212 cm³/mol. The molecule has 52 heavy (non-hydrogen) atoms. The van der Waals surface area contributed by atoms with Gasteiger partial charge in [-0.25, -0.2) is 13.6 Å². The number of thiophene rings is 2. The maximum Gasteiger partial charge on any atom is 0.249 e. The highest BCUT2D eigenvalue weighted by Gasteiger charge is 2.31. The molecule has 7 aromatic carbocycles. The minimum Gasteiger partial charge on any atom is -0.316 e. The topological polar surface area (TPSA) is 38.0 Å². The van der Waals surface area contributed by atoms with Crippen molar-refractivity contribution in [3.8, 4) is 17.4 Å². The third-order valence-electron chi connectivity index (χ3n) is 10.3. The van der Waals surface area contributed by atoms with Crippen LogP contribution in [0.1, 0.15) is 5.56 Å². The van der Waals surface area contributed by atoms with E-state index in [0.29, 0.717) is 22.1 Å². The van der Waals surface area contributed by atoms with Crippen LogP contribution >= 0.6 is 22.7 Å². The third-order valence-corrected chi connectivity index (χ3v) is 12.6. The van der Waals surface area contributed by atoms with Crippen LogP contribution in [-0.4, -0.2) is 9.13 Å². The molecule has 0 spiro atoms. The number of para-hydroxylation sites is 2. The van der Waals surface area contributed by atoms with Crippen LogP contribution in [0.5, 0.6) is 0 Å². The van der Waals surface area contributed by atoms with E-state index in [-0.39, 0.29) is 11.4 Å². The van der Waals surface area contributed by atoms with Gasteiger partial charge >= 0.3 is 0 Å². The van der Waals surface area contributed by atoms with Crippen LogP contribution in [0.15, 0.2) is 121 Å². The van der Waals surface area contributed by atoms with E-state index in [0.717, 1.165) is 61.9 Å². The van der Waals surface area contributed by atoms with Crippen LogP contribution < -0.4 is 0 Å². The molecule has 8 heteroatoms. The lowest BCUT2D eigenvalue weighted by Crippen LogP contribution is -2.09. The number of rotatable bonds is 2. The molecule has 0 aliphatic heterocycles. The summed E-state index contributed by atoms with van der Waals surface area (Å²) >= 11 is 3.36. The molecule has 0 amide bonds. The van der Waals surface area contributed by atoms with Crippen LogP contribution in [0.25, 0.3) is 100 Å². The molecule has 0 bridgehead atoms. The smallest absolute Gasteiger partial charge is 0.249 e. The minimum absolute atomic E-state index is 0.222. The number of hydrogen-bond donors (Lipinski definition) is 0. The van der Waals surface area contributed by atoms with E-state index in [1.54, 1.807) is 31.8 Å². The standard InChI is InChI=1S/C44H20F2N4S2/c1-48-42-40(45)27(22-47)43(49-28-14-6-2-10-23(28)36-30(49)18-20-34-38(36)25-12-4-8-16-32(25)51-34)41(46)44(42)50-29-15-7-3-11-24(29)37-31(50)19-21-35-39(37)26-13-5-9-17-33(26)52-35/h2-21H. The second-order valence-electron chi connectivity index (χ2n) is 12.8. The Morgan fingerprint density at radius 1 is 0.500 bits per heavy atom. The lowest BCUT2D eigenvalue weighted by Gasteiger charge is -2.19. The highest BCUT2D eigenvalue weighted by atomic mass is 32.1. The van der Waals surface area contributed by atoms with Crippen molar-refractivity contribution in [1.82, 2.24) is 9.13 Å². The van der Waals surface area contributed by atoms with Gasteiger partial charge in [0.15, 0.2) is 11.6 Å². The second kappa shape index (κ2) is 10.5. The summed E-state index contributed by atoms with van der Waals surface area (Å²) in [4.78, 5) is 3.58. The Labute approximate surface area is 301 Å². The first-order valence-electron chi connectivity index (χ1n) is 16.6. The fourth-order valence-electron chi connectivity index (χ4n) is 8.30. The Hall–Kier alpha value is -6.58. The maximum absolute atomic E-state index is 18.1. The van der Waals surface area contributed by atoms with E-state index in [9.17, 15) is 5.26 Å². The SMILES string of the molecule is [C-]#[N+]c1c(F)c(C#N)c(-n2c3ccccc3c3c4c(ccc32)sc2ccccc24)c(F)c1-n1c2ccccc2c2c3c(ccc21)sc1ccccc13. The maximum atomic E-state index is 18.1. The average Bonchev–Trinajstić information content (AvgIpc) is 3.92. The van der Waals surface area contributed by atoms with Gasteiger partial charge in [-0.3, -0.25) is 0 Å². The van der Waals surface area contributed by atoms with Gasteiger partial charge in [-0.2, -0.15) is 5.26 Å². The lowest BCUT2D eigenvalue weighted by molar-refractivity contribution is 0.591. The molecule has 4 aromatic heterocycles. The van der Waals surface area contributed by atoms with Crippen molar-refractivity contribution >= 4 is 112 Å². The summed E-state index contributed by atoms with van der Waals surface area (Å²) in [5, 5.41) is 18.3. The van der Waals surface area contributed by atoms with Crippen molar-refractivity contribution < 1.29 is 8.78 Å². The zero-order chi connectivity index (χ0) is 34.8. The predicted octanol–water partition coefficient (Wildman–Crippen LogP) is 13.3.